The Balaban J connectivity index is 4.29. The Morgan fingerprint density at radius 2 is 1.14 bits per heavy atom. The number of ether oxygens (including phenoxy) is 2. The van der Waals surface area contributed by atoms with Gasteiger partial charge >= 0.3 is 19.5 Å². The highest BCUT2D eigenvalue weighted by Crippen LogP contribution is 2.47. The SMILES string of the molecule is CCP(=O)(OCOC(=O)C(C)(C)C)OCOC(=O)C(C)(C)C. The lowest BCUT2D eigenvalue weighted by Crippen LogP contribution is -2.24. The Morgan fingerprint density at radius 1 is 0.818 bits per heavy atom. The van der Waals surface area contributed by atoms with Crippen LogP contribution in [0, 0.1) is 10.8 Å². The zero-order valence-corrected chi connectivity index (χ0v) is 15.3. The van der Waals surface area contributed by atoms with Crippen molar-refractivity contribution < 1.29 is 32.7 Å². The summed E-state index contributed by atoms with van der Waals surface area (Å²) in [6.07, 6.45) is 0.0626. The highest BCUT2D eigenvalue weighted by Gasteiger charge is 2.28. The van der Waals surface area contributed by atoms with Crippen molar-refractivity contribution in [3.05, 3.63) is 0 Å². The molecule has 0 aromatic rings. The lowest BCUT2D eigenvalue weighted by atomic mass is 9.98. The van der Waals surface area contributed by atoms with Crippen molar-refractivity contribution in [1.82, 2.24) is 0 Å². The lowest BCUT2D eigenvalue weighted by molar-refractivity contribution is -0.162. The van der Waals surface area contributed by atoms with Gasteiger partial charge in [-0.25, -0.2) is 0 Å². The fraction of sp³-hybridized carbons (Fsp3) is 0.857. The van der Waals surface area contributed by atoms with Gasteiger partial charge in [-0.3, -0.25) is 23.2 Å². The molecule has 0 saturated heterocycles. The van der Waals surface area contributed by atoms with Crippen LogP contribution in [-0.2, 0) is 32.7 Å². The minimum Gasteiger partial charge on any atom is -0.438 e. The van der Waals surface area contributed by atoms with Gasteiger partial charge in [0, 0.05) is 6.16 Å². The third-order valence-electron chi connectivity index (χ3n) is 2.49. The molecule has 0 heterocycles. The predicted octanol–water partition coefficient (Wildman–Crippen LogP) is 3.33. The molecule has 0 saturated carbocycles. The molecule has 130 valence electrons. The maximum Gasteiger partial charge on any atom is 0.336 e. The van der Waals surface area contributed by atoms with Crippen LogP contribution in [0.4, 0.5) is 0 Å². The van der Waals surface area contributed by atoms with Gasteiger partial charge in [-0.05, 0) is 41.5 Å². The van der Waals surface area contributed by atoms with Gasteiger partial charge in [-0.1, -0.05) is 6.92 Å². The van der Waals surface area contributed by atoms with Crippen LogP contribution in [0.3, 0.4) is 0 Å². The van der Waals surface area contributed by atoms with E-state index in [-0.39, 0.29) is 6.16 Å². The average molecular weight is 338 g/mol. The summed E-state index contributed by atoms with van der Waals surface area (Å²) in [6, 6.07) is 0. The first-order chi connectivity index (χ1) is 9.82. The summed E-state index contributed by atoms with van der Waals surface area (Å²) in [6.45, 7) is 10.8. The number of hydrogen-bond acceptors (Lipinski definition) is 7. The molecule has 0 radical (unpaired) electrons. The van der Waals surface area contributed by atoms with E-state index in [1.165, 1.54) is 0 Å². The average Bonchev–Trinajstić information content (AvgIpc) is 2.36. The van der Waals surface area contributed by atoms with Gasteiger partial charge in [0.15, 0.2) is 0 Å². The number of carbonyl (C=O) groups excluding carboxylic acids is 2. The number of carbonyl (C=O) groups is 2. The van der Waals surface area contributed by atoms with Crippen LogP contribution in [0.1, 0.15) is 48.5 Å². The van der Waals surface area contributed by atoms with Crippen molar-refractivity contribution >= 4 is 19.5 Å². The number of esters is 2. The van der Waals surface area contributed by atoms with E-state index in [0.717, 1.165) is 0 Å². The van der Waals surface area contributed by atoms with Crippen molar-refractivity contribution in [2.45, 2.75) is 48.5 Å². The van der Waals surface area contributed by atoms with E-state index in [1.54, 1.807) is 48.5 Å². The molecular formula is C14H27O7P. The molecule has 0 unspecified atom stereocenters. The fourth-order valence-electron chi connectivity index (χ4n) is 0.973. The molecular weight excluding hydrogens is 311 g/mol. The maximum absolute atomic E-state index is 12.2. The van der Waals surface area contributed by atoms with Crippen LogP contribution in [0.2, 0.25) is 0 Å². The molecule has 0 aromatic heterocycles. The van der Waals surface area contributed by atoms with E-state index in [1.807, 2.05) is 0 Å². The van der Waals surface area contributed by atoms with Crippen molar-refractivity contribution in [1.29, 1.82) is 0 Å². The lowest BCUT2D eigenvalue weighted by Gasteiger charge is -2.21. The van der Waals surface area contributed by atoms with Gasteiger partial charge in [-0.15, -0.1) is 0 Å². The first kappa shape index (κ1) is 21.1. The monoisotopic (exact) mass is 338 g/mol. The van der Waals surface area contributed by atoms with Crippen LogP contribution in [0.5, 0.6) is 0 Å². The number of rotatable bonds is 7. The van der Waals surface area contributed by atoms with Gasteiger partial charge in [-0.2, -0.15) is 0 Å². The van der Waals surface area contributed by atoms with E-state index in [4.69, 9.17) is 18.5 Å². The van der Waals surface area contributed by atoms with Crippen molar-refractivity contribution in [3.8, 4) is 0 Å². The first-order valence-corrected chi connectivity index (χ1v) is 8.77. The third-order valence-corrected chi connectivity index (χ3v) is 4.26. The van der Waals surface area contributed by atoms with Crippen molar-refractivity contribution in [2.24, 2.45) is 10.8 Å². The molecule has 0 rings (SSSR count). The van der Waals surface area contributed by atoms with Gasteiger partial charge in [0.05, 0.1) is 10.8 Å². The molecule has 0 amide bonds. The van der Waals surface area contributed by atoms with Crippen LogP contribution >= 0.6 is 7.60 Å². The molecule has 0 aliphatic heterocycles. The van der Waals surface area contributed by atoms with Crippen LogP contribution in [0.25, 0.3) is 0 Å². The highest BCUT2D eigenvalue weighted by atomic mass is 31.2. The normalized spacial score (nSPS) is 12.9. The van der Waals surface area contributed by atoms with Crippen molar-refractivity contribution in [3.63, 3.8) is 0 Å². The molecule has 22 heavy (non-hydrogen) atoms. The zero-order chi connectivity index (χ0) is 17.6. The zero-order valence-electron chi connectivity index (χ0n) is 14.4. The molecule has 0 spiro atoms. The molecule has 0 fully saturated rings. The fourth-order valence-corrected chi connectivity index (χ4v) is 1.84. The summed E-state index contributed by atoms with van der Waals surface area (Å²) in [7, 11) is -3.47. The predicted molar refractivity (Wildman–Crippen MR) is 81.1 cm³/mol. The molecule has 0 N–H and O–H groups in total. The first-order valence-electron chi connectivity index (χ1n) is 7.04. The quantitative estimate of drug-likeness (QED) is 0.399. The minimum absolute atomic E-state index is 0.0626. The van der Waals surface area contributed by atoms with E-state index in [2.05, 4.69) is 0 Å². The Morgan fingerprint density at radius 3 is 1.36 bits per heavy atom. The highest BCUT2D eigenvalue weighted by molar-refractivity contribution is 7.53. The van der Waals surface area contributed by atoms with Gasteiger partial charge in [0.2, 0.25) is 13.6 Å². The Kier molecular flexibility index (Phi) is 7.75. The maximum atomic E-state index is 12.2. The topological polar surface area (TPSA) is 88.1 Å². The molecule has 0 aromatic carbocycles. The van der Waals surface area contributed by atoms with Gasteiger partial charge in [0.25, 0.3) is 0 Å². The third kappa shape index (κ3) is 7.92. The van der Waals surface area contributed by atoms with Gasteiger partial charge in [0.1, 0.15) is 0 Å². The second-order valence-corrected chi connectivity index (χ2v) is 9.16. The Hall–Kier alpha value is -0.910. The van der Waals surface area contributed by atoms with Crippen LogP contribution in [0.15, 0.2) is 0 Å². The summed E-state index contributed by atoms with van der Waals surface area (Å²) in [5, 5.41) is 0. The Bertz CT molecular complexity index is 395. The summed E-state index contributed by atoms with van der Waals surface area (Å²) >= 11 is 0. The van der Waals surface area contributed by atoms with Gasteiger partial charge < -0.3 is 9.47 Å². The summed E-state index contributed by atoms with van der Waals surface area (Å²) in [5.74, 6) is -0.955. The largest absolute Gasteiger partial charge is 0.438 e. The van der Waals surface area contributed by atoms with E-state index < -0.39 is 44.0 Å². The van der Waals surface area contributed by atoms with E-state index in [0.29, 0.717) is 0 Å². The minimum atomic E-state index is -3.47. The standard InChI is InChI=1S/C14H27O7P/c1-8-22(17,20-9-18-11(15)13(2,3)4)21-10-19-12(16)14(5,6)7/h8-10H2,1-7H3. The van der Waals surface area contributed by atoms with E-state index >= 15 is 0 Å². The summed E-state index contributed by atoms with van der Waals surface area (Å²) < 4.78 is 32.0. The van der Waals surface area contributed by atoms with Crippen molar-refractivity contribution in [2.75, 3.05) is 19.7 Å². The molecule has 8 heteroatoms. The molecule has 0 atom stereocenters. The molecule has 7 nitrogen and oxygen atoms in total. The second kappa shape index (κ2) is 8.09. The number of hydrogen-bond donors (Lipinski definition) is 0. The summed E-state index contributed by atoms with van der Waals surface area (Å²) in [5.41, 5.74) is -1.36. The smallest absolute Gasteiger partial charge is 0.336 e. The summed E-state index contributed by atoms with van der Waals surface area (Å²) in [4.78, 5) is 23.1. The second-order valence-electron chi connectivity index (χ2n) is 6.78. The van der Waals surface area contributed by atoms with E-state index in [9.17, 15) is 14.2 Å². The Labute approximate surface area is 132 Å². The molecule has 0 aliphatic rings. The molecule has 0 bridgehead atoms. The van der Waals surface area contributed by atoms with Crippen LogP contribution in [-0.4, -0.2) is 31.7 Å². The van der Waals surface area contributed by atoms with Crippen LogP contribution < -0.4 is 0 Å². The molecule has 0 aliphatic carbocycles.